The van der Waals surface area contributed by atoms with Gasteiger partial charge in [0.15, 0.2) is 0 Å². The molecule has 0 unspecified atom stereocenters. The molecule has 11 nitrogen and oxygen atoms in total. The Kier molecular flexibility index (Phi) is 7.85. The summed E-state index contributed by atoms with van der Waals surface area (Å²) in [5, 5.41) is 2.69. The van der Waals surface area contributed by atoms with Crippen LogP contribution in [0.1, 0.15) is 32.3 Å². The molecule has 38 heavy (non-hydrogen) atoms. The van der Waals surface area contributed by atoms with Gasteiger partial charge < -0.3 is 21.3 Å². The normalized spacial score (nSPS) is 19.4. The lowest BCUT2D eigenvalue weighted by atomic mass is 9.61. The second-order valence-electron chi connectivity index (χ2n) is 11.4. The van der Waals surface area contributed by atoms with Crippen LogP contribution in [0.3, 0.4) is 0 Å². The molecule has 12 heteroatoms. The van der Waals surface area contributed by atoms with Crippen LogP contribution in [0.4, 0.5) is 10.6 Å². The predicted molar refractivity (Wildman–Crippen MR) is 147 cm³/mol. The largest absolute Gasteiger partial charge is 0.354 e. The smallest absolute Gasteiger partial charge is 0.338 e. The molecule has 3 aliphatic rings. The van der Waals surface area contributed by atoms with E-state index in [9.17, 15) is 14.4 Å². The van der Waals surface area contributed by atoms with Crippen molar-refractivity contribution >= 4 is 30.2 Å². The van der Waals surface area contributed by atoms with Crippen LogP contribution in [0.15, 0.2) is 41.3 Å². The number of nitrogens with two attached hydrogens (primary N) is 2. The number of halogens is 1. The summed E-state index contributed by atoms with van der Waals surface area (Å²) in [6.45, 7) is 8.02. The van der Waals surface area contributed by atoms with E-state index < -0.39 is 11.2 Å². The second-order valence-corrected chi connectivity index (χ2v) is 11.4. The molecule has 0 bridgehead atoms. The minimum atomic E-state index is -0.943. The Bertz CT molecular complexity index is 1220. The van der Waals surface area contributed by atoms with Crippen LogP contribution in [-0.4, -0.2) is 87.0 Å². The first-order valence-corrected chi connectivity index (χ1v) is 12.8. The number of piperazine rings is 1. The number of anilines is 1. The zero-order valence-corrected chi connectivity index (χ0v) is 22.7. The third-order valence-electron chi connectivity index (χ3n) is 7.57. The Balaban J connectivity index is 0.00000336. The van der Waals surface area contributed by atoms with Crippen molar-refractivity contribution in [2.24, 2.45) is 16.9 Å². The third kappa shape index (κ3) is 5.85. The van der Waals surface area contributed by atoms with E-state index >= 15 is 0 Å². The van der Waals surface area contributed by atoms with Crippen molar-refractivity contribution in [2.75, 3.05) is 44.6 Å². The van der Waals surface area contributed by atoms with Gasteiger partial charge in [-0.1, -0.05) is 12.1 Å². The number of likely N-dealkylation sites (tertiary alicyclic amines) is 1. The molecule has 2 saturated heterocycles. The van der Waals surface area contributed by atoms with Crippen molar-refractivity contribution in [1.29, 1.82) is 0 Å². The number of carbonyl (C=O) groups is 2. The SMILES string of the molecule is CC(C)(N)C(=O)N1CCN(C(=O)Nc2ccn(-c3ccc(CN4CC5(CC(N)C5)C4)cc3)c(=O)n2)CC1.Cl. The highest BCUT2D eigenvalue weighted by molar-refractivity contribution is 5.89. The number of nitrogens with one attached hydrogen (secondary N) is 1. The molecule has 5 rings (SSSR count). The monoisotopic (exact) mass is 544 g/mol. The molecule has 1 aromatic carbocycles. The molecule has 3 fully saturated rings. The maximum atomic E-state index is 12.7. The maximum absolute atomic E-state index is 12.7. The summed E-state index contributed by atoms with van der Waals surface area (Å²) in [5.74, 6) is 0.0468. The van der Waals surface area contributed by atoms with E-state index in [-0.39, 0.29) is 30.2 Å². The van der Waals surface area contributed by atoms with E-state index in [1.54, 1.807) is 35.9 Å². The average molecular weight is 545 g/mol. The molecule has 0 radical (unpaired) electrons. The highest BCUT2D eigenvalue weighted by Gasteiger charge is 2.50. The molecule has 0 atom stereocenters. The number of nitrogens with zero attached hydrogens (tertiary/aromatic N) is 5. The number of carbonyl (C=O) groups excluding carboxylic acids is 2. The minimum Gasteiger partial charge on any atom is -0.338 e. The van der Waals surface area contributed by atoms with Crippen molar-refractivity contribution in [3.63, 3.8) is 0 Å². The Hall–Kier alpha value is -2.99. The molecule has 2 aliphatic heterocycles. The van der Waals surface area contributed by atoms with Gasteiger partial charge in [-0.3, -0.25) is 19.6 Å². The molecule has 1 saturated carbocycles. The van der Waals surface area contributed by atoms with E-state index in [4.69, 9.17) is 11.5 Å². The summed E-state index contributed by atoms with van der Waals surface area (Å²) in [5.41, 5.74) is 12.8. The Labute approximate surface area is 228 Å². The summed E-state index contributed by atoms with van der Waals surface area (Å²) in [6.07, 6.45) is 3.89. The highest BCUT2D eigenvalue weighted by atomic mass is 35.5. The number of hydrogen-bond donors (Lipinski definition) is 3. The van der Waals surface area contributed by atoms with Gasteiger partial charge >= 0.3 is 11.7 Å². The molecule has 3 amide bonds. The number of amides is 3. The van der Waals surface area contributed by atoms with Crippen LogP contribution in [0, 0.1) is 5.41 Å². The van der Waals surface area contributed by atoms with Gasteiger partial charge in [-0.2, -0.15) is 4.98 Å². The fourth-order valence-electron chi connectivity index (χ4n) is 5.72. The second kappa shape index (κ2) is 10.6. The highest BCUT2D eigenvalue weighted by Crippen LogP contribution is 2.47. The topological polar surface area (TPSA) is 143 Å². The van der Waals surface area contributed by atoms with E-state index in [0.29, 0.717) is 43.3 Å². The summed E-state index contributed by atoms with van der Waals surface area (Å²) in [6, 6.07) is 9.52. The van der Waals surface area contributed by atoms with Crippen LogP contribution < -0.4 is 22.5 Å². The number of aromatic nitrogens is 2. The molecule has 3 heterocycles. The molecule has 1 aliphatic carbocycles. The van der Waals surface area contributed by atoms with E-state index in [0.717, 1.165) is 32.5 Å². The lowest BCUT2D eigenvalue weighted by Crippen LogP contribution is -2.64. The lowest BCUT2D eigenvalue weighted by molar-refractivity contribution is -0.137. The van der Waals surface area contributed by atoms with Gasteiger partial charge in [-0.05, 0) is 55.9 Å². The molecule has 2 aromatic rings. The Morgan fingerprint density at radius 3 is 2.21 bits per heavy atom. The number of rotatable bonds is 5. The Morgan fingerprint density at radius 2 is 1.66 bits per heavy atom. The minimum absolute atomic E-state index is 0. The van der Waals surface area contributed by atoms with Crippen LogP contribution in [0.2, 0.25) is 0 Å². The van der Waals surface area contributed by atoms with Crippen molar-refractivity contribution in [2.45, 2.75) is 44.8 Å². The van der Waals surface area contributed by atoms with Crippen LogP contribution in [0.5, 0.6) is 0 Å². The van der Waals surface area contributed by atoms with E-state index in [1.807, 2.05) is 24.3 Å². The van der Waals surface area contributed by atoms with Gasteiger partial charge in [0.25, 0.3) is 0 Å². The maximum Gasteiger partial charge on any atom is 0.354 e. The van der Waals surface area contributed by atoms with Crippen LogP contribution in [-0.2, 0) is 11.3 Å². The molecular weight excluding hydrogens is 508 g/mol. The predicted octanol–water partition coefficient (Wildman–Crippen LogP) is 0.991. The van der Waals surface area contributed by atoms with Gasteiger partial charge in [0.1, 0.15) is 5.82 Å². The number of hydrogen-bond acceptors (Lipinski definition) is 7. The van der Waals surface area contributed by atoms with Crippen LogP contribution in [0.25, 0.3) is 5.69 Å². The standard InChI is InChI=1S/C26H36N8O3.ClH/c1-25(2,28)22(35)32-9-11-33(12-10-32)23(36)29-21-7-8-34(24(37)30-21)20-5-3-18(4-6-20)15-31-16-26(17-31)13-19(27)14-26;/h3-8,19H,9-17,27-28H2,1-2H3,(H,29,30,36,37);1H. The van der Waals surface area contributed by atoms with Gasteiger partial charge in [-0.15, -0.1) is 12.4 Å². The summed E-state index contributed by atoms with van der Waals surface area (Å²) < 4.78 is 1.45. The van der Waals surface area contributed by atoms with Gasteiger partial charge in [0.2, 0.25) is 5.91 Å². The number of benzene rings is 1. The zero-order valence-electron chi connectivity index (χ0n) is 21.9. The van der Waals surface area contributed by atoms with Crippen molar-refractivity contribution in [1.82, 2.24) is 24.3 Å². The van der Waals surface area contributed by atoms with Gasteiger partial charge in [0, 0.05) is 58.1 Å². The number of urea groups is 1. The first-order valence-electron chi connectivity index (χ1n) is 12.8. The van der Waals surface area contributed by atoms with Crippen molar-refractivity contribution in [3.05, 3.63) is 52.6 Å². The van der Waals surface area contributed by atoms with Crippen molar-refractivity contribution in [3.8, 4) is 5.69 Å². The zero-order chi connectivity index (χ0) is 26.4. The fraction of sp³-hybridized carbons (Fsp3) is 0.538. The molecule has 1 aromatic heterocycles. The lowest BCUT2D eigenvalue weighted by Gasteiger charge is -2.58. The van der Waals surface area contributed by atoms with Gasteiger partial charge in [-0.25, -0.2) is 9.59 Å². The van der Waals surface area contributed by atoms with Gasteiger partial charge in [0.05, 0.1) is 11.2 Å². The molecule has 206 valence electrons. The van der Waals surface area contributed by atoms with E-state index in [2.05, 4.69) is 15.2 Å². The molecule has 1 spiro atoms. The summed E-state index contributed by atoms with van der Waals surface area (Å²) in [4.78, 5) is 47.4. The third-order valence-corrected chi connectivity index (χ3v) is 7.57. The molecular formula is C26H37ClN8O3. The molecule has 5 N–H and O–H groups in total. The first-order chi connectivity index (χ1) is 17.5. The quantitative estimate of drug-likeness (QED) is 0.509. The van der Waals surface area contributed by atoms with E-state index in [1.165, 1.54) is 10.1 Å². The Morgan fingerprint density at radius 1 is 1.05 bits per heavy atom. The fourth-order valence-corrected chi connectivity index (χ4v) is 5.72. The summed E-state index contributed by atoms with van der Waals surface area (Å²) >= 11 is 0. The van der Waals surface area contributed by atoms with Crippen molar-refractivity contribution < 1.29 is 9.59 Å². The van der Waals surface area contributed by atoms with Crippen LogP contribution >= 0.6 is 12.4 Å². The average Bonchev–Trinajstić information content (AvgIpc) is 2.81. The first kappa shape index (κ1) is 28.0. The summed E-state index contributed by atoms with van der Waals surface area (Å²) in [7, 11) is 0.